The maximum Gasteiger partial charge on any atom is 0.191 e. The minimum atomic E-state index is -0.119. The number of benzene rings is 1. The zero-order valence-corrected chi connectivity index (χ0v) is 21.7. The van der Waals surface area contributed by atoms with Crippen LogP contribution >= 0.6 is 35.6 Å². The summed E-state index contributed by atoms with van der Waals surface area (Å²) in [6.07, 6.45) is 2.74. The highest BCUT2D eigenvalue weighted by atomic mass is 127. The highest BCUT2D eigenvalue weighted by molar-refractivity contribution is 14.0. The van der Waals surface area contributed by atoms with E-state index in [1.165, 1.54) is 0 Å². The molecule has 8 heteroatoms. The van der Waals surface area contributed by atoms with Gasteiger partial charge in [-0.1, -0.05) is 25.4 Å². The van der Waals surface area contributed by atoms with Gasteiger partial charge in [-0.3, -0.25) is 4.99 Å². The van der Waals surface area contributed by atoms with Crippen LogP contribution in [-0.2, 0) is 14.9 Å². The topological polar surface area (TPSA) is 64.1 Å². The second-order valence-corrected chi connectivity index (χ2v) is 8.35. The van der Waals surface area contributed by atoms with E-state index in [0.29, 0.717) is 5.92 Å². The molecule has 0 spiro atoms. The van der Waals surface area contributed by atoms with Crippen molar-refractivity contribution in [1.82, 2.24) is 10.6 Å². The Morgan fingerprint density at radius 1 is 1.27 bits per heavy atom. The summed E-state index contributed by atoms with van der Waals surface area (Å²) in [6, 6.07) is 5.83. The molecule has 0 aliphatic carbocycles. The molecule has 0 unspecified atom stereocenters. The van der Waals surface area contributed by atoms with Gasteiger partial charge in [0.15, 0.2) is 5.96 Å². The van der Waals surface area contributed by atoms with Crippen LogP contribution in [0.15, 0.2) is 23.2 Å². The van der Waals surface area contributed by atoms with E-state index in [9.17, 15) is 0 Å². The summed E-state index contributed by atoms with van der Waals surface area (Å²) in [6.45, 7) is 8.86. The van der Waals surface area contributed by atoms with Gasteiger partial charge in [-0.25, -0.2) is 0 Å². The van der Waals surface area contributed by atoms with Gasteiger partial charge in [-0.05, 0) is 43.4 Å². The van der Waals surface area contributed by atoms with Gasteiger partial charge < -0.3 is 24.8 Å². The standard InChI is InChI=1S/C22H36ClN3O3.HI/c1-17(2)15-29-11-5-10-25-21(24-3)26-16-22(8-12-28-13-9-22)19-14-18(23)6-7-20(19)27-4;/h6-7,14,17H,5,8-13,15-16H2,1-4H3,(H2,24,25,26);1H. The summed E-state index contributed by atoms with van der Waals surface area (Å²) in [5.74, 6) is 2.22. The van der Waals surface area contributed by atoms with Crippen molar-refractivity contribution < 1.29 is 14.2 Å². The number of rotatable bonds is 10. The molecule has 2 N–H and O–H groups in total. The minimum absolute atomic E-state index is 0. The molecule has 0 atom stereocenters. The lowest BCUT2D eigenvalue weighted by Gasteiger charge is -2.39. The fraction of sp³-hybridized carbons (Fsp3) is 0.682. The lowest BCUT2D eigenvalue weighted by atomic mass is 9.73. The van der Waals surface area contributed by atoms with Crippen LogP contribution in [0.3, 0.4) is 0 Å². The number of guanidine groups is 1. The molecule has 1 aromatic carbocycles. The number of aliphatic imine (C=N–C) groups is 1. The van der Waals surface area contributed by atoms with E-state index in [4.69, 9.17) is 25.8 Å². The monoisotopic (exact) mass is 553 g/mol. The van der Waals surface area contributed by atoms with Crippen molar-refractivity contribution in [2.45, 2.75) is 38.5 Å². The molecule has 0 bridgehead atoms. The van der Waals surface area contributed by atoms with Crippen LogP contribution in [0.25, 0.3) is 0 Å². The third-order valence-corrected chi connectivity index (χ3v) is 5.44. The Morgan fingerprint density at radius 3 is 2.63 bits per heavy atom. The molecule has 6 nitrogen and oxygen atoms in total. The number of hydrogen-bond acceptors (Lipinski definition) is 4. The molecule has 1 saturated heterocycles. The Morgan fingerprint density at radius 2 is 2.00 bits per heavy atom. The van der Waals surface area contributed by atoms with E-state index >= 15 is 0 Å². The first-order valence-electron chi connectivity index (χ1n) is 10.4. The van der Waals surface area contributed by atoms with Gasteiger partial charge in [0, 0.05) is 62.6 Å². The van der Waals surface area contributed by atoms with Gasteiger partial charge >= 0.3 is 0 Å². The molecule has 2 rings (SSSR count). The number of nitrogens with one attached hydrogen (secondary N) is 2. The Hall–Kier alpha value is -0.770. The predicted octanol–water partition coefficient (Wildman–Crippen LogP) is 4.24. The predicted molar refractivity (Wildman–Crippen MR) is 135 cm³/mol. The quantitative estimate of drug-likeness (QED) is 0.196. The molecule has 0 radical (unpaired) electrons. The summed E-state index contributed by atoms with van der Waals surface area (Å²) in [4.78, 5) is 4.37. The van der Waals surface area contributed by atoms with E-state index in [1.54, 1.807) is 14.2 Å². The SMILES string of the molecule is CN=C(NCCCOCC(C)C)NCC1(c2cc(Cl)ccc2OC)CCOCC1.I. The van der Waals surface area contributed by atoms with Crippen LogP contribution < -0.4 is 15.4 Å². The number of nitrogens with zero attached hydrogens (tertiary/aromatic N) is 1. The Balaban J connectivity index is 0.00000450. The number of hydrogen-bond donors (Lipinski definition) is 2. The summed E-state index contributed by atoms with van der Waals surface area (Å²) in [7, 11) is 3.50. The second-order valence-electron chi connectivity index (χ2n) is 7.91. The van der Waals surface area contributed by atoms with Gasteiger partial charge in [-0.15, -0.1) is 24.0 Å². The van der Waals surface area contributed by atoms with Crippen molar-refractivity contribution in [3.05, 3.63) is 28.8 Å². The Labute approximate surface area is 203 Å². The Bertz CT molecular complexity index is 653. The molecule has 0 aromatic heterocycles. The fourth-order valence-corrected chi connectivity index (χ4v) is 3.74. The molecule has 1 heterocycles. The van der Waals surface area contributed by atoms with Gasteiger partial charge in [0.1, 0.15) is 5.75 Å². The first kappa shape index (κ1) is 27.3. The molecule has 1 aromatic rings. The highest BCUT2D eigenvalue weighted by Crippen LogP contribution is 2.40. The lowest BCUT2D eigenvalue weighted by Crippen LogP contribution is -2.48. The smallest absolute Gasteiger partial charge is 0.191 e. The highest BCUT2D eigenvalue weighted by Gasteiger charge is 2.37. The molecule has 30 heavy (non-hydrogen) atoms. The van der Waals surface area contributed by atoms with Crippen molar-refractivity contribution >= 4 is 41.5 Å². The van der Waals surface area contributed by atoms with Crippen molar-refractivity contribution in [3.63, 3.8) is 0 Å². The maximum atomic E-state index is 6.32. The first-order chi connectivity index (χ1) is 14.0. The van der Waals surface area contributed by atoms with Crippen LogP contribution in [0.1, 0.15) is 38.7 Å². The average Bonchev–Trinajstić information content (AvgIpc) is 2.73. The van der Waals surface area contributed by atoms with Crippen molar-refractivity contribution in [3.8, 4) is 5.75 Å². The number of halogens is 2. The zero-order chi connectivity index (χ0) is 21.1. The number of ether oxygens (including phenoxy) is 3. The molecular weight excluding hydrogens is 517 g/mol. The lowest BCUT2D eigenvalue weighted by molar-refractivity contribution is 0.0505. The van der Waals surface area contributed by atoms with E-state index in [0.717, 1.165) is 81.1 Å². The van der Waals surface area contributed by atoms with Gasteiger partial charge in [0.2, 0.25) is 0 Å². The van der Waals surface area contributed by atoms with Gasteiger partial charge in [0.25, 0.3) is 0 Å². The second kappa shape index (κ2) is 14.3. The molecule has 1 aliphatic rings. The van der Waals surface area contributed by atoms with Crippen LogP contribution in [-0.4, -0.2) is 59.6 Å². The number of methoxy groups -OCH3 is 1. The summed E-state index contributed by atoms with van der Waals surface area (Å²) >= 11 is 6.32. The average molecular weight is 554 g/mol. The normalized spacial score (nSPS) is 16.1. The summed E-state index contributed by atoms with van der Waals surface area (Å²) in [5.41, 5.74) is 1.01. The minimum Gasteiger partial charge on any atom is -0.496 e. The van der Waals surface area contributed by atoms with Gasteiger partial charge in [0.05, 0.1) is 7.11 Å². The third kappa shape index (κ3) is 8.40. The molecule has 1 fully saturated rings. The molecule has 172 valence electrons. The van der Waals surface area contributed by atoms with E-state index < -0.39 is 0 Å². The van der Waals surface area contributed by atoms with Crippen LogP contribution in [0, 0.1) is 5.92 Å². The largest absolute Gasteiger partial charge is 0.496 e. The third-order valence-electron chi connectivity index (χ3n) is 5.21. The van der Waals surface area contributed by atoms with E-state index in [2.05, 4.69) is 29.5 Å². The molecule has 0 saturated carbocycles. The fourth-order valence-electron chi connectivity index (χ4n) is 3.57. The van der Waals surface area contributed by atoms with Crippen LogP contribution in [0.4, 0.5) is 0 Å². The van der Waals surface area contributed by atoms with Crippen molar-refractivity contribution in [2.24, 2.45) is 10.9 Å². The summed E-state index contributed by atoms with van der Waals surface area (Å²) in [5, 5.41) is 7.60. The summed E-state index contributed by atoms with van der Waals surface area (Å²) < 4.78 is 16.9. The van der Waals surface area contributed by atoms with Crippen molar-refractivity contribution in [1.29, 1.82) is 0 Å². The zero-order valence-electron chi connectivity index (χ0n) is 18.6. The molecule has 0 amide bonds. The first-order valence-corrected chi connectivity index (χ1v) is 10.8. The van der Waals surface area contributed by atoms with Crippen molar-refractivity contribution in [2.75, 3.05) is 53.7 Å². The van der Waals surface area contributed by atoms with Gasteiger partial charge in [-0.2, -0.15) is 0 Å². The molecule has 1 aliphatic heterocycles. The molecular formula is C22H37ClIN3O3. The van der Waals surface area contributed by atoms with E-state index in [-0.39, 0.29) is 29.4 Å². The van der Waals surface area contributed by atoms with Crippen LogP contribution in [0.5, 0.6) is 5.75 Å². The van der Waals surface area contributed by atoms with Crippen LogP contribution in [0.2, 0.25) is 5.02 Å². The van der Waals surface area contributed by atoms with E-state index in [1.807, 2.05) is 18.2 Å². The maximum absolute atomic E-state index is 6.32. The Kier molecular flexibility index (Phi) is 13.0.